The van der Waals surface area contributed by atoms with E-state index in [0.717, 1.165) is 6.07 Å². The zero-order valence-corrected chi connectivity index (χ0v) is 17.0. The second kappa shape index (κ2) is 7.51. The molecule has 1 aromatic carbocycles. The third-order valence-corrected chi connectivity index (χ3v) is 4.73. The Morgan fingerprint density at radius 1 is 1.21 bits per heavy atom. The van der Waals surface area contributed by atoms with Crippen LogP contribution in [-0.2, 0) is 24.1 Å². The van der Waals surface area contributed by atoms with E-state index in [9.17, 15) is 22.4 Å². The Hall–Kier alpha value is -2.29. The zero-order chi connectivity index (χ0) is 21.6. The Kier molecular flexibility index (Phi) is 5.55. The van der Waals surface area contributed by atoms with Gasteiger partial charge >= 0.3 is 6.18 Å². The van der Waals surface area contributed by atoms with Crippen molar-refractivity contribution in [3.8, 4) is 0 Å². The summed E-state index contributed by atoms with van der Waals surface area (Å²) in [5, 5.41) is 6.10. The summed E-state index contributed by atoms with van der Waals surface area (Å²) in [5.41, 5.74) is -0.523. The Bertz CT molecular complexity index is 910. The van der Waals surface area contributed by atoms with Crippen molar-refractivity contribution in [3.05, 3.63) is 40.4 Å². The van der Waals surface area contributed by atoms with Crippen LogP contribution in [0.15, 0.2) is 18.2 Å². The van der Waals surface area contributed by atoms with Crippen LogP contribution in [0.2, 0.25) is 5.02 Å². The van der Waals surface area contributed by atoms with Gasteiger partial charge in [-0.25, -0.2) is 4.39 Å². The molecule has 1 aromatic heterocycles. The molecule has 0 saturated heterocycles. The van der Waals surface area contributed by atoms with Gasteiger partial charge in [-0.3, -0.25) is 9.48 Å². The van der Waals surface area contributed by atoms with Crippen LogP contribution in [0, 0.1) is 11.2 Å². The Labute approximate surface area is 170 Å². The first kappa shape index (κ1) is 21.4. The molecule has 0 bridgehead atoms. The summed E-state index contributed by atoms with van der Waals surface area (Å²) in [4.78, 5) is 13.8. The molecule has 1 aliphatic heterocycles. The van der Waals surface area contributed by atoms with Crippen LogP contribution in [0.4, 0.5) is 28.9 Å². The van der Waals surface area contributed by atoms with Crippen molar-refractivity contribution in [1.29, 1.82) is 0 Å². The molecule has 0 unspecified atom stereocenters. The van der Waals surface area contributed by atoms with E-state index in [0.29, 0.717) is 17.9 Å². The highest BCUT2D eigenvalue weighted by atomic mass is 35.5. The average Bonchev–Trinajstić information content (AvgIpc) is 3.00. The maximum absolute atomic E-state index is 14.6. The summed E-state index contributed by atoms with van der Waals surface area (Å²) >= 11 is 6.19. The first-order valence-electron chi connectivity index (χ1n) is 9.01. The first-order valence-corrected chi connectivity index (χ1v) is 9.39. The van der Waals surface area contributed by atoms with E-state index in [1.54, 1.807) is 4.90 Å². The highest BCUT2D eigenvalue weighted by Crippen LogP contribution is 2.34. The number of fused-ring (bicyclic) bond motifs is 1. The maximum Gasteiger partial charge on any atom is 0.435 e. The van der Waals surface area contributed by atoms with Crippen LogP contribution >= 0.6 is 11.6 Å². The standard InChI is InChI=1S/C19H21ClF4N4O/c1-18(2,3)9-16(29)25-17-13(20)6-11(7-14(17)21)27-4-5-28-12(10-27)8-15(26-28)19(22,23)24/h6-8H,4-5,9-10H2,1-3H3,(H,25,29). The molecule has 1 aliphatic rings. The number of rotatable bonds is 3. The average molecular weight is 433 g/mol. The Balaban J connectivity index is 1.79. The Morgan fingerprint density at radius 2 is 1.90 bits per heavy atom. The SMILES string of the molecule is CC(C)(C)CC(=O)Nc1c(F)cc(N2CCn3nc(C(F)(F)F)cc3C2)cc1Cl. The summed E-state index contributed by atoms with van der Waals surface area (Å²) in [5.74, 6) is -1.06. The van der Waals surface area contributed by atoms with Crippen LogP contribution in [-0.4, -0.2) is 22.2 Å². The molecular weight excluding hydrogens is 412 g/mol. The van der Waals surface area contributed by atoms with Crippen molar-refractivity contribution in [2.24, 2.45) is 5.41 Å². The maximum atomic E-state index is 14.6. The highest BCUT2D eigenvalue weighted by Gasteiger charge is 2.35. The Morgan fingerprint density at radius 3 is 2.48 bits per heavy atom. The van der Waals surface area contributed by atoms with Gasteiger partial charge in [0.1, 0.15) is 5.82 Å². The van der Waals surface area contributed by atoms with Crippen molar-refractivity contribution < 1.29 is 22.4 Å². The summed E-state index contributed by atoms with van der Waals surface area (Å²) < 4.78 is 54.5. The molecule has 158 valence electrons. The van der Waals surface area contributed by atoms with Crippen molar-refractivity contribution in [3.63, 3.8) is 0 Å². The van der Waals surface area contributed by atoms with Crippen LogP contribution in [0.1, 0.15) is 38.6 Å². The molecular formula is C19H21ClF4N4O. The molecule has 1 amide bonds. The fraction of sp³-hybridized carbons (Fsp3) is 0.474. The topological polar surface area (TPSA) is 50.2 Å². The molecule has 2 aromatic rings. The third-order valence-electron chi connectivity index (χ3n) is 4.44. The second-order valence-electron chi connectivity index (χ2n) is 8.23. The first-order chi connectivity index (χ1) is 13.3. The number of halogens is 5. The van der Waals surface area contributed by atoms with Crippen molar-refractivity contribution in [2.75, 3.05) is 16.8 Å². The van der Waals surface area contributed by atoms with Gasteiger partial charge in [-0.1, -0.05) is 32.4 Å². The minimum absolute atomic E-state index is 0.0253. The second-order valence-corrected chi connectivity index (χ2v) is 8.64. The molecule has 0 spiro atoms. The number of hydrogen-bond donors (Lipinski definition) is 1. The molecule has 0 aliphatic carbocycles. The van der Waals surface area contributed by atoms with E-state index in [-0.39, 0.29) is 41.5 Å². The number of nitrogens with zero attached hydrogens (tertiary/aromatic N) is 3. The molecule has 0 radical (unpaired) electrons. The van der Waals surface area contributed by atoms with E-state index in [4.69, 9.17) is 11.6 Å². The van der Waals surface area contributed by atoms with Gasteiger partial charge in [0.05, 0.1) is 29.5 Å². The number of carbonyl (C=O) groups is 1. The van der Waals surface area contributed by atoms with Gasteiger partial charge in [-0.15, -0.1) is 0 Å². The molecule has 1 N–H and O–H groups in total. The summed E-state index contributed by atoms with van der Waals surface area (Å²) in [6.07, 6.45) is -4.32. The number of amides is 1. The van der Waals surface area contributed by atoms with Gasteiger partial charge in [-0.2, -0.15) is 18.3 Å². The van der Waals surface area contributed by atoms with E-state index in [2.05, 4.69) is 10.4 Å². The summed E-state index contributed by atoms with van der Waals surface area (Å²) in [7, 11) is 0. The molecule has 0 atom stereocenters. The van der Waals surface area contributed by atoms with Gasteiger partial charge in [0, 0.05) is 18.7 Å². The lowest BCUT2D eigenvalue weighted by Gasteiger charge is -2.30. The lowest BCUT2D eigenvalue weighted by Crippen LogP contribution is -2.34. The quantitative estimate of drug-likeness (QED) is 0.687. The number of alkyl halides is 3. The van der Waals surface area contributed by atoms with E-state index >= 15 is 0 Å². The van der Waals surface area contributed by atoms with Gasteiger partial charge in [0.25, 0.3) is 0 Å². The molecule has 29 heavy (non-hydrogen) atoms. The highest BCUT2D eigenvalue weighted by molar-refractivity contribution is 6.34. The van der Waals surface area contributed by atoms with Crippen LogP contribution in [0.3, 0.4) is 0 Å². The third kappa shape index (κ3) is 5.01. The van der Waals surface area contributed by atoms with Crippen LogP contribution in [0.25, 0.3) is 0 Å². The largest absolute Gasteiger partial charge is 0.435 e. The minimum Gasteiger partial charge on any atom is -0.364 e. The molecule has 10 heteroatoms. The smallest absolute Gasteiger partial charge is 0.364 e. The van der Waals surface area contributed by atoms with Crippen LogP contribution in [0.5, 0.6) is 0 Å². The number of aromatic nitrogens is 2. The molecule has 2 heterocycles. The van der Waals surface area contributed by atoms with Crippen molar-refractivity contribution in [1.82, 2.24) is 9.78 Å². The monoisotopic (exact) mass is 432 g/mol. The number of benzene rings is 1. The predicted octanol–water partition coefficient (Wildman–Crippen LogP) is 5.09. The molecule has 5 nitrogen and oxygen atoms in total. The van der Waals surface area contributed by atoms with Gasteiger partial charge in [0.2, 0.25) is 5.91 Å². The van der Waals surface area contributed by atoms with Crippen molar-refractivity contribution in [2.45, 2.75) is 46.5 Å². The van der Waals surface area contributed by atoms with Crippen LogP contribution < -0.4 is 10.2 Å². The van der Waals surface area contributed by atoms with Gasteiger partial charge in [0.15, 0.2) is 5.69 Å². The molecule has 0 saturated carbocycles. The number of nitrogens with one attached hydrogen (secondary N) is 1. The lowest BCUT2D eigenvalue weighted by atomic mass is 9.92. The zero-order valence-electron chi connectivity index (χ0n) is 16.2. The fourth-order valence-electron chi connectivity index (χ4n) is 3.15. The predicted molar refractivity (Wildman–Crippen MR) is 102 cm³/mol. The summed E-state index contributed by atoms with van der Waals surface area (Å²) in [6.45, 7) is 6.37. The molecule has 0 fully saturated rings. The number of anilines is 2. The van der Waals surface area contributed by atoms with Gasteiger partial charge < -0.3 is 10.2 Å². The van der Waals surface area contributed by atoms with Crippen molar-refractivity contribution >= 4 is 28.9 Å². The fourth-order valence-corrected chi connectivity index (χ4v) is 3.40. The van der Waals surface area contributed by atoms with E-state index in [1.165, 1.54) is 16.8 Å². The molecule has 3 rings (SSSR count). The number of carbonyl (C=O) groups excluding carboxylic acids is 1. The minimum atomic E-state index is -4.52. The normalized spacial score (nSPS) is 14.7. The van der Waals surface area contributed by atoms with E-state index < -0.39 is 17.7 Å². The van der Waals surface area contributed by atoms with E-state index in [1.807, 2.05) is 20.8 Å². The summed E-state index contributed by atoms with van der Waals surface area (Å²) in [6, 6.07) is 3.70. The lowest BCUT2D eigenvalue weighted by molar-refractivity contribution is -0.141. The van der Waals surface area contributed by atoms with Gasteiger partial charge in [-0.05, 0) is 23.6 Å². The number of hydrogen-bond acceptors (Lipinski definition) is 3.